The van der Waals surface area contributed by atoms with Crippen molar-refractivity contribution >= 4 is 28.0 Å². The fourth-order valence-corrected chi connectivity index (χ4v) is 4.36. The smallest absolute Gasteiger partial charge is 0.363 e. The van der Waals surface area contributed by atoms with Crippen molar-refractivity contribution in [3.63, 3.8) is 0 Å². The van der Waals surface area contributed by atoms with E-state index in [1.165, 1.54) is 16.4 Å². The number of hydrogen-bond acceptors (Lipinski definition) is 6. The van der Waals surface area contributed by atoms with Crippen LogP contribution in [0.5, 0.6) is 5.75 Å². The highest BCUT2D eigenvalue weighted by Gasteiger charge is 2.26. The number of esters is 1. The number of ether oxygens (including phenoxy) is 2. The Morgan fingerprint density at radius 3 is 2.41 bits per heavy atom. The van der Waals surface area contributed by atoms with Gasteiger partial charge in [0.1, 0.15) is 5.75 Å². The lowest BCUT2D eigenvalue weighted by molar-refractivity contribution is -0.129. The first-order chi connectivity index (χ1) is 13.9. The van der Waals surface area contributed by atoms with Crippen LogP contribution in [0.3, 0.4) is 0 Å². The zero-order valence-electron chi connectivity index (χ0n) is 16.5. The molecule has 0 amide bonds. The molecular formula is C21H22N2O5S. The number of carbonyl (C=O) groups excluding carboxylic acids is 1. The van der Waals surface area contributed by atoms with Crippen molar-refractivity contribution in [2.24, 2.45) is 4.99 Å². The molecule has 2 aromatic rings. The first-order valence-electron chi connectivity index (χ1n) is 9.16. The summed E-state index contributed by atoms with van der Waals surface area (Å²) in [5.41, 5.74) is 1.43. The fourth-order valence-electron chi connectivity index (χ4n) is 2.90. The molecule has 0 fully saturated rings. The van der Waals surface area contributed by atoms with Crippen LogP contribution in [0.2, 0.25) is 0 Å². The lowest BCUT2D eigenvalue weighted by Gasteiger charge is -2.18. The van der Waals surface area contributed by atoms with Gasteiger partial charge in [0, 0.05) is 18.7 Å². The van der Waals surface area contributed by atoms with Crippen LogP contribution in [-0.2, 0) is 19.6 Å². The van der Waals surface area contributed by atoms with Gasteiger partial charge in [-0.15, -0.1) is 0 Å². The summed E-state index contributed by atoms with van der Waals surface area (Å²) in [5.74, 6) is 0.235. The second kappa shape index (κ2) is 8.59. The number of nitrogens with zero attached hydrogens (tertiary/aromatic N) is 2. The average molecular weight is 414 g/mol. The predicted molar refractivity (Wildman–Crippen MR) is 110 cm³/mol. The number of rotatable bonds is 7. The quantitative estimate of drug-likeness (QED) is 0.513. The van der Waals surface area contributed by atoms with Crippen LogP contribution in [-0.4, -0.2) is 44.8 Å². The molecule has 2 aromatic carbocycles. The second-order valence-corrected chi connectivity index (χ2v) is 8.16. The van der Waals surface area contributed by atoms with E-state index < -0.39 is 16.0 Å². The van der Waals surface area contributed by atoms with E-state index in [1.54, 1.807) is 51.3 Å². The molecule has 7 nitrogen and oxygen atoms in total. The summed E-state index contributed by atoms with van der Waals surface area (Å²) < 4.78 is 37.0. The van der Waals surface area contributed by atoms with Crippen LogP contribution < -0.4 is 4.74 Å². The Kier molecular flexibility index (Phi) is 6.14. The summed E-state index contributed by atoms with van der Waals surface area (Å²) in [4.78, 5) is 16.6. The molecule has 1 heterocycles. The van der Waals surface area contributed by atoms with Gasteiger partial charge >= 0.3 is 5.97 Å². The molecule has 0 atom stereocenters. The SMILES string of the molecule is CCN(CC)S(=O)(=O)c1ccc(C2=N/C(=C\c3cccc(OC)c3)C(=O)O2)cc1. The largest absolute Gasteiger partial charge is 0.497 e. The van der Waals surface area contributed by atoms with Crippen LogP contribution >= 0.6 is 0 Å². The Bertz CT molecular complexity index is 1070. The van der Waals surface area contributed by atoms with E-state index in [4.69, 9.17) is 9.47 Å². The number of sulfonamides is 1. The third-order valence-corrected chi connectivity index (χ3v) is 6.53. The lowest BCUT2D eigenvalue weighted by atomic mass is 10.2. The number of carbonyl (C=O) groups is 1. The highest BCUT2D eigenvalue weighted by atomic mass is 32.2. The van der Waals surface area contributed by atoms with Crippen molar-refractivity contribution in [1.29, 1.82) is 0 Å². The number of cyclic esters (lactones) is 1. The highest BCUT2D eigenvalue weighted by molar-refractivity contribution is 7.89. The van der Waals surface area contributed by atoms with Gasteiger partial charge in [-0.1, -0.05) is 26.0 Å². The van der Waals surface area contributed by atoms with Crippen LogP contribution in [0.25, 0.3) is 6.08 Å². The molecule has 0 aliphatic carbocycles. The van der Waals surface area contributed by atoms with E-state index in [-0.39, 0.29) is 16.5 Å². The van der Waals surface area contributed by atoms with E-state index in [1.807, 2.05) is 12.1 Å². The third-order valence-electron chi connectivity index (χ3n) is 4.46. The highest BCUT2D eigenvalue weighted by Crippen LogP contribution is 2.22. The van der Waals surface area contributed by atoms with Gasteiger partial charge in [-0.3, -0.25) is 0 Å². The Hall–Kier alpha value is -2.97. The molecule has 3 rings (SSSR count). The molecule has 0 aromatic heterocycles. The molecule has 8 heteroatoms. The summed E-state index contributed by atoms with van der Waals surface area (Å²) in [7, 11) is -1.98. The first kappa shape index (κ1) is 20.8. The van der Waals surface area contributed by atoms with Crippen molar-refractivity contribution in [2.75, 3.05) is 20.2 Å². The van der Waals surface area contributed by atoms with Gasteiger partial charge in [0.25, 0.3) is 0 Å². The average Bonchev–Trinajstić information content (AvgIpc) is 3.09. The van der Waals surface area contributed by atoms with Crippen LogP contribution in [0.1, 0.15) is 25.0 Å². The zero-order valence-corrected chi connectivity index (χ0v) is 17.3. The van der Waals surface area contributed by atoms with Crippen molar-refractivity contribution in [3.8, 4) is 5.75 Å². The zero-order chi connectivity index (χ0) is 21.0. The van der Waals surface area contributed by atoms with E-state index >= 15 is 0 Å². The molecule has 1 aliphatic heterocycles. The summed E-state index contributed by atoms with van der Waals surface area (Å²) in [5, 5.41) is 0. The molecule has 0 spiro atoms. The molecule has 152 valence electrons. The first-order valence-corrected chi connectivity index (χ1v) is 10.6. The molecule has 29 heavy (non-hydrogen) atoms. The number of aliphatic imine (C=N–C) groups is 1. The molecule has 0 saturated heterocycles. The van der Waals surface area contributed by atoms with Gasteiger partial charge in [0.2, 0.25) is 15.9 Å². The summed E-state index contributed by atoms with van der Waals surface area (Å²) in [6.45, 7) is 4.36. The van der Waals surface area contributed by atoms with Gasteiger partial charge in [-0.25, -0.2) is 18.2 Å². The topological polar surface area (TPSA) is 85.3 Å². The van der Waals surface area contributed by atoms with Gasteiger partial charge in [-0.05, 0) is 48.0 Å². The Balaban J connectivity index is 1.87. The third kappa shape index (κ3) is 4.38. The van der Waals surface area contributed by atoms with Gasteiger partial charge < -0.3 is 9.47 Å². The maximum atomic E-state index is 12.6. The van der Waals surface area contributed by atoms with Crippen molar-refractivity contribution in [2.45, 2.75) is 18.7 Å². The fraction of sp³-hybridized carbons (Fsp3) is 0.238. The van der Waals surface area contributed by atoms with E-state index in [0.717, 1.165) is 5.56 Å². The minimum absolute atomic E-state index is 0.135. The van der Waals surface area contributed by atoms with Crippen LogP contribution in [0, 0.1) is 0 Å². The van der Waals surface area contributed by atoms with Gasteiger partial charge in [0.05, 0.1) is 12.0 Å². The predicted octanol–water partition coefficient (Wildman–Crippen LogP) is 3.07. The molecule has 0 radical (unpaired) electrons. The van der Waals surface area contributed by atoms with Gasteiger partial charge in [0.15, 0.2) is 5.70 Å². The standard InChI is InChI=1S/C21H22N2O5S/c1-4-23(5-2)29(25,26)18-11-9-16(10-12-18)20-22-19(21(24)28-20)14-15-7-6-8-17(13-15)27-3/h6-14H,4-5H2,1-3H3/b19-14-. The maximum absolute atomic E-state index is 12.6. The Labute approximate surface area is 170 Å². The van der Waals surface area contributed by atoms with Crippen molar-refractivity contribution in [1.82, 2.24) is 4.31 Å². The normalized spacial score (nSPS) is 15.5. The monoisotopic (exact) mass is 414 g/mol. The summed E-state index contributed by atoms with van der Waals surface area (Å²) in [6, 6.07) is 13.4. The molecule has 1 aliphatic rings. The van der Waals surface area contributed by atoms with E-state index in [0.29, 0.717) is 24.4 Å². The van der Waals surface area contributed by atoms with E-state index in [2.05, 4.69) is 4.99 Å². The summed E-state index contributed by atoms with van der Waals surface area (Å²) in [6.07, 6.45) is 1.61. The lowest BCUT2D eigenvalue weighted by Crippen LogP contribution is -2.30. The van der Waals surface area contributed by atoms with E-state index in [9.17, 15) is 13.2 Å². The molecule has 0 saturated carbocycles. The van der Waals surface area contributed by atoms with Crippen LogP contribution in [0.15, 0.2) is 64.1 Å². The molecule has 0 N–H and O–H groups in total. The molecule has 0 bridgehead atoms. The number of hydrogen-bond donors (Lipinski definition) is 0. The maximum Gasteiger partial charge on any atom is 0.363 e. The number of methoxy groups -OCH3 is 1. The minimum Gasteiger partial charge on any atom is -0.497 e. The Morgan fingerprint density at radius 1 is 1.10 bits per heavy atom. The Morgan fingerprint density at radius 2 is 1.79 bits per heavy atom. The van der Waals surface area contributed by atoms with Crippen LogP contribution in [0.4, 0.5) is 0 Å². The summed E-state index contributed by atoms with van der Waals surface area (Å²) >= 11 is 0. The van der Waals surface area contributed by atoms with Crippen molar-refractivity contribution in [3.05, 3.63) is 65.4 Å². The molecule has 0 unspecified atom stereocenters. The second-order valence-electron chi connectivity index (χ2n) is 6.23. The minimum atomic E-state index is -3.55. The van der Waals surface area contributed by atoms with Crippen molar-refractivity contribution < 1.29 is 22.7 Å². The molecular weight excluding hydrogens is 392 g/mol. The van der Waals surface area contributed by atoms with Gasteiger partial charge in [-0.2, -0.15) is 4.31 Å². The number of benzene rings is 2.